The van der Waals surface area contributed by atoms with Crippen molar-refractivity contribution >= 4 is 29.7 Å². The Morgan fingerprint density at radius 2 is 2.00 bits per heavy atom. The van der Waals surface area contributed by atoms with Gasteiger partial charge in [-0.2, -0.15) is 0 Å². The third kappa shape index (κ3) is 8.74. The van der Waals surface area contributed by atoms with E-state index < -0.39 is 47.9 Å². The van der Waals surface area contributed by atoms with Gasteiger partial charge in [-0.05, 0) is 31.6 Å². The molecule has 1 aromatic rings. The van der Waals surface area contributed by atoms with Crippen LogP contribution in [0.25, 0.3) is 0 Å². The Balaban J connectivity index is 2.15. The Bertz CT molecular complexity index is 948. The van der Waals surface area contributed by atoms with E-state index in [9.17, 15) is 24.3 Å². The van der Waals surface area contributed by atoms with Crippen LogP contribution in [0.2, 0.25) is 0 Å². The molecule has 1 aromatic heterocycles. The summed E-state index contributed by atoms with van der Waals surface area (Å²) in [6.45, 7) is 4.31. The summed E-state index contributed by atoms with van der Waals surface area (Å²) in [5.41, 5.74) is 17.2. The SMILES string of the molecule is CCC(C)C(NC(=O)C(Cc1cnc[nH]1)NC(=O)C(N)CCCN=C(N)N)C(=O)N1CCCC1C(=O)O. The summed E-state index contributed by atoms with van der Waals surface area (Å²) in [4.78, 5) is 63.2. The summed E-state index contributed by atoms with van der Waals surface area (Å²) in [5.74, 6) is -2.97. The lowest BCUT2D eigenvalue weighted by molar-refractivity contribution is -0.150. The van der Waals surface area contributed by atoms with E-state index in [2.05, 4.69) is 25.6 Å². The van der Waals surface area contributed by atoms with E-state index in [0.717, 1.165) is 0 Å². The number of carboxylic acid groups (broad SMARTS) is 1. The zero-order chi connectivity index (χ0) is 27.5. The average Bonchev–Trinajstić information content (AvgIpc) is 3.55. The van der Waals surface area contributed by atoms with Gasteiger partial charge in [0.1, 0.15) is 18.1 Å². The fourth-order valence-corrected chi connectivity index (χ4v) is 4.16. The van der Waals surface area contributed by atoms with Crippen molar-refractivity contribution in [1.29, 1.82) is 0 Å². The van der Waals surface area contributed by atoms with Crippen LogP contribution in [0, 0.1) is 5.92 Å². The number of rotatable bonds is 14. The molecule has 3 amide bonds. The summed E-state index contributed by atoms with van der Waals surface area (Å²) in [5, 5.41) is 15.0. The van der Waals surface area contributed by atoms with Crippen molar-refractivity contribution in [2.45, 2.75) is 76.5 Å². The monoisotopic (exact) mass is 521 g/mol. The molecule has 0 aromatic carbocycles. The van der Waals surface area contributed by atoms with Crippen molar-refractivity contribution in [1.82, 2.24) is 25.5 Å². The minimum absolute atomic E-state index is 0.0525. The van der Waals surface area contributed by atoms with Crippen LogP contribution in [-0.4, -0.2) is 86.9 Å². The van der Waals surface area contributed by atoms with Gasteiger partial charge in [-0.15, -0.1) is 0 Å². The predicted octanol–water partition coefficient (Wildman–Crippen LogP) is -1.58. The number of carbonyl (C=O) groups is 4. The van der Waals surface area contributed by atoms with E-state index in [4.69, 9.17) is 17.2 Å². The van der Waals surface area contributed by atoms with Gasteiger partial charge >= 0.3 is 5.97 Å². The third-order valence-electron chi connectivity index (χ3n) is 6.51. The van der Waals surface area contributed by atoms with Crippen molar-refractivity contribution in [3.05, 3.63) is 18.2 Å². The first-order chi connectivity index (χ1) is 17.5. The summed E-state index contributed by atoms with van der Waals surface area (Å²) < 4.78 is 0. The molecule has 5 unspecified atom stereocenters. The number of hydrogen-bond acceptors (Lipinski definition) is 7. The molecule has 14 heteroatoms. The van der Waals surface area contributed by atoms with Gasteiger partial charge in [0.15, 0.2) is 5.96 Å². The average molecular weight is 522 g/mol. The number of aliphatic carboxylic acids is 1. The highest BCUT2D eigenvalue weighted by Crippen LogP contribution is 2.21. The zero-order valence-corrected chi connectivity index (χ0v) is 21.4. The molecule has 0 aliphatic carbocycles. The first-order valence-corrected chi connectivity index (χ1v) is 12.5. The van der Waals surface area contributed by atoms with E-state index in [1.54, 1.807) is 0 Å². The molecule has 0 spiro atoms. The number of carbonyl (C=O) groups excluding carboxylic acids is 3. The Hall–Kier alpha value is -3.68. The fraction of sp³-hybridized carbons (Fsp3) is 0.652. The number of hydrogen-bond donors (Lipinski definition) is 7. The van der Waals surface area contributed by atoms with Crippen LogP contribution in [0.1, 0.15) is 51.6 Å². The van der Waals surface area contributed by atoms with E-state index in [1.807, 2.05) is 13.8 Å². The van der Waals surface area contributed by atoms with Crippen LogP contribution in [0.3, 0.4) is 0 Å². The topological polar surface area (TPSA) is 235 Å². The number of nitrogens with zero attached hydrogens (tertiary/aromatic N) is 3. The highest BCUT2D eigenvalue weighted by atomic mass is 16.4. The van der Waals surface area contributed by atoms with Crippen molar-refractivity contribution < 1.29 is 24.3 Å². The van der Waals surface area contributed by atoms with Gasteiger partial charge in [0.05, 0.1) is 12.4 Å². The molecule has 1 aliphatic heterocycles. The maximum Gasteiger partial charge on any atom is 0.326 e. The molecule has 1 fully saturated rings. The fourth-order valence-electron chi connectivity index (χ4n) is 4.16. The first-order valence-electron chi connectivity index (χ1n) is 12.5. The van der Waals surface area contributed by atoms with Gasteiger partial charge in [-0.3, -0.25) is 19.4 Å². The molecular formula is C23H39N9O5. The molecule has 0 saturated carbocycles. The number of aromatic nitrogens is 2. The molecule has 0 bridgehead atoms. The van der Waals surface area contributed by atoms with E-state index in [0.29, 0.717) is 50.9 Å². The normalized spacial score (nSPS) is 18.4. The lowest BCUT2D eigenvalue weighted by Gasteiger charge is -2.31. The minimum Gasteiger partial charge on any atom is -0.480 e. The summed E-state index contributed by atoms with van der Waals surface area (Å²) in [6.07, 6.45) is 5.33. The summed E-state index contributed by atoms with van der Waals surface area (Å²) in [6, 6.07) is -3.83. The molecule has 0 radical (unpaired) electrons. The van der Waals surface area contributed by atoms with Crippen LogP contribution < -0.4 is 27.8 Å². The molecule has 2 rings (SSSR count). The van der Waals surface area contributed by atoms with Gasteiger partial charge in [0, 0.05) is 31.4 Å². The second-order valence-electron chi connectivity index (χ2n) is 9.30. The van der Waals surface area contributed by atoms with Crippen molar-refractivity contribution in [2.75, 3.05) is 13.1 Å². The van der Waals surface area contributed by atoms with Crippen LogP contribution in [-0.2, 0) is 25.6 Å². The Morgan fingerprint density at radius 1 is 1.27 bits per heavy atom. The predicted molar refractivity (Wildman–Crippen MR) is 136 cm³/mol. The number of amides is 3. The number of likely N-dealkylation sites (tertiary alicyclic amines) is 1. The van der Waals surface area contributed by atoms with E-state index in [1.165, 1.54) is 17.4 Å². The third-order valence-corrected chi connectivity index (χ3v) is 6.51. The Labute approximate surface area is 215 Å². The standard InChI is InChI=1S/C23H39N9O5/c1-3-13(2)18(21(35)32-9-5-7-17(32)22(36)37)31-20(34)16(10-14-11-27-12-29-14)30-19(33)15(24)6-4-8-28-23(25)26/h11-13,15-18H,3-10,24H2,1-2H3,(H,27,29)(H,30,33)(H,31,34)(H,36,37)(H4,25,26,28). The van der Waals surface area contributed by atoms with Gasteiger partial charge in [0.25, 0.3) is 0 Å². The van der Waals surface area contributed by atoms with Gasteiger partial charge in [-0.25, -0.2) is 9.78 Å². The van der Waals surface area contributed by atoms with Crippen LogP contribution in [0.5, 0.6) is 0 Å². The highest BCUT2D eigenvalue weighted by molar-refractivity contribution is 5.94. The number of guanidine groups is 1. The number of aliphatic imine (C=N–C) groups is 1. The lowest BCUT2D eigenvalue weighted by atomic mass is 9.96. The zero-order valence-electron chi connectivity index (χ0n) is 21.4. The van der Waals surface area contributed by atoms with E-state index in [-0.39, 0.29) is 18.3 Å². The molecule has 1 aliphatic rings. The lowest BCUT2D eigenvalue weighted by Crippen LogP contribution is -2.59. The molecule has 5 atom stereocenters. The first kappa shape index (κ1) is 29.5. The Morgan fingerprint density at radius 3 is 2.59 bits per heavy atom. The minimum atomic E-state index is -1.07. The molecule has 37 heavy (non-hydrogen) atoms. The largest absolute Gasteiger partial charge is 0.480 e. The maximum absolute atomic E-state index is 13.4. The van der Waals surface area contributed by atoms with Crippen LogP contribution in [0.4, 0.5) is 0 Å². The van der Waals surface area contributed by atoms with Gasteiger partial charge in [-0.1, -0.05) is 20.3 Å². The van der Waals surface area contributed by atoms with Crippen molar-refractivity contribution in [3.8, 4) is 0 Å². The molecule has 2 heterocycles. The van der Waals surface area contributed by atoms with Crippen molar-refractivity contribution in [2.24, 2.45) is 28.1 Å². The maximum atomic E-state index is 13.4. The number of nitrogens with one attached hydrogen (secondary N) is 3. The number of H-pyrrole nitrogens is 1. The molecule has 206 valence electrons. The van der Waals surface area contributed by atoms with Gasteiger partial charge in [0.2, 0.25) is 17.7 Å². The smallest absolute Gasteiger partial charge is 0.326 e. The number of carboxylic acids is 1. The number of nitrogens with two attached hydrogens (primary N) is 3. The molecular weight excluding hydrogens is 482 g/mol. The molecule has 1 saturated heterocycles. The Kier molecular flexibility index (Phi) is 11.3. The quantitative estimate of drug-likeness (QED) is 0.0848. The summed E-state index contributed by atoms with van der Waals surface area (Å²) in [7, 11) is 0. The molecule has 14 nitrogen and oxygen atoms in total. The van der Waals surface area contributed by atoms with Crippen LogP contribution >= 0.6 is 0 Å². The van der Waals surface area contributed by atoms with Crippen LogP contribution in [0.15, 0.2) is 17.5 Å². The van der Waals surface area contributed by atoms with E-state index >= 15 is 0 Å². The molecule has 10 N–H and O–H groups in total. The van der Waals surface area contributed by atoms with Gasteiger partial charge < -0.3 is 42.8 Å². The second-order valence-corrected chi connectivity index (χ2v) is 9.30. The number of imidazole rings is 1. The van der Waals surface area contributed by atoms with Crippen molar-refractivity contribution in [3.63, 3.8) is 0 Å². The number of aromatic amines is 1. The summed E-state index contributed by atoms with van der Waals surface area (Å²) >= 11 is 0. The highest BCUT2D eigenvalue weighted by Gasteiger charge is 2.40. The second kappa shape index (κ2) is 14.2.